The van der Waals surface area contributed by atoms with Gasteiger partial charge in [-0.2, -0.15) is 0 Å². The molecule has 6 heteroatoms. The molecule has 1 aliphatic heterocycles. The van der Waals surface area contributed by atoms with Crippen molar-refractivity contribution in [1.82, 2.24) is 4.90 Å². The van der Waals surface area contributed by atoms with Crippen molar-refractivity contribution in [2.24, 2.45) is 0 Å². The van der Waals surface area contributed by atoms with Gasteiger partial charge in [0.15, 0.2) is 0 Å². The van der Waals surface area contributed by atoms with Crippen molar-refractivity contribution >= 4 is 0 Å². The molecule has 0 radical (unpaired) electrons. The van der Waals surface area contributed by atoms with Crippen LogP contribution in [-0.4, -0.2) is 76.7 Å². The zero-order chi connectivity index (χ0) is 10.9. The normalized spacial score (nSPS) is 40.5. The number of hydrogen-bond donors (Lipinski definition) is 4. The third-order valence-corrected chi connectivity index (χ3v) is 2.40. The Morgan fingerprint density at radius 3 is 2.21 bits per heavy atom. The van der Waals surface area contributed by atoms with Gasteiger partial charge in [0.05, 0.1) is 6.61 Å². The second-order valence-electron chi connectivity index (χ2n) is 3.68. The van der Waals surface area contributed by atoms with E-state index in [-0.39, 0.29) is 6.61 Å². The summed E-state index contributed by atoms with van der Waals surface area (Å²) in [6.07, 6.45) is -5.05. The second kappa shape index (κ2) is 4.52. The van der Waals surface area contributed by atoms with Crippen molar-refractivity contribution in [3.8, 4) is 0 Å². The Labute approximate surface area is 82.3 Å². The molecular weight excluding hydrogens is 190 g/mol. The third-order valence-electron chi connectivity index (χ3n) is 2.40. The maximum atomic E-state index is 9.58. The first-order valence-electron chi connectivity index (χ1n) is 4.46. The summed E-state index contributed by atoms with van der Waals surface area (Å²) in [6, 6.07) is 0. The zero-order valence-electron chi connectivity index (χ0n) is 8.24. The Hall–Kier alpha value is -0.240. The number of rotatable bonds is 3. The monoisotopic (exact) mass is 207 g/mol. The maximum Gasteiger partial charge on any atom is 0.136 e. The molecule has 1 rings (SSSR count). The van der Waals surface area contributed by atoms with Gasteiger partial charge in [-0.25, -0.2) is 0 Å². The number of hydrogen-bond acceptors (Lipinski definition) is 6. The van der Waals surface area contributed by atoms with Crippen LogP contribution in [0.1, 0.15) is 0 Å². The molecule has 0 amide bonds. The summed E-state index contributed by atoms with van der Waals surface area (Å²) < 4.78 is 5.12. The summed E-state index contributed by atoms with van der Waals surface area (Å²) in [7, 11) is 3.25. The summed E-state index contributed by atoms with van der Waals surface area (Å²) in [5, 5.41) is 37.3. The molecular formula is C8H17NO5. The van der Waals surface area contributed by atoms with Crippen molar-refractivity contribution in [2.45, 2.75) is 30.6 Å². The number of aliphatic hydroxyl groups is 4. The summed E-state index contributed by atoms with van der Waals surface area (Å²) in [6.45, 7) is -0.380. The van der Waals surface area contributed by atoms with Crippen LogP contribution in [-0.2, 0) is 4.74 Å². The van der Waals surface area contributed by atoms with Crippen LogP contribution in [0.25, 0.3) is 0 Å². The van der Waals surface area contributed by atoms with Crippen LogP contribution in [0, 0.1) is 0 Å². The molecule has 1 saturated heterocycles. The molecule has 0 aliphatic carbocycles. The standard InChI is InChI=1S/C8H17NO5/c1-9(2)8(13)7-6(12)5(11)4(3-10)14-7/h4-8,10-13H,3H2,1-2H3/t4-,5-,6+,7+,8?/m1/s1. The third kappa shape index (κ3) is 2.05. The quantitative estimate of drug-likeness (QED) is 0.378. The van der Waals surface area contributed by atoms with Crippen LogP contribution in [0.15, 0.2) is 0 Å². The molecule has 1 heterocycles. The van der Waals surface area contributed by atoms with E-state index < -0.39 is 30.6 Å². The van der Waals surface area contributed by atoms with Gasteiger partial charge in [-0.15, -0.1) is 0 Å². The van der Waals surface area contributed by atoms with E-state index in [1.807, 2.05) is 0 Å². The Morgan fingerprint density at radius 1 is 1.29 bits per heavy atom. The van der Waals surface area contributed by atoms with Crippen LogP contribution < -0.4 is 0 Å². The molecule has 1 fully saturated rings. The molecule has 6 nitrogen and oxygen atoms in total. The summed E-state index contributed by atoms with van der Waals surface area (Å²) in [5.74, 6) is 0. The first-order chi connectivity index (χ1) is 6.49. The highest BCUT2D eigenvalue weighted by Crippen LogP contribution is 2.23. The van der Waals surface area contributed by atoms with Crippen molar-refractivity contribution in [3.63, 3.8) is 0 Å². The smallest absolute Gasteiger partial charge is 0.136 e. The van der Waals surface area contributed by atoms with Gasteiger partial charge in [0.25, 0.3) is 0 Å². The summed E-state index contributed by atoms with van der Waals surface area (Å²) in [4.78, 5) is 1.46. The van der Waals surface area contributed by atoms with Crippen molar-refractivity contribution in [3.05, 3.63) is 0 Å². The molecule has 4 N–H and O–H groups in total. The molecule has 5 atom stereocenters. The Bertz CT molecular complexity index is 189. The lowest BCUT2D eigenvalue weighted by molar-refractivity contribution is -0.120. The van der Waals surface area contributed by atoms with E-state index >= 15 is 0 Å². The van der Waals surface area contributed by atoms with Crippen molar-refractivity contribution in [2.75, 3.05) is 20.7 Å². The van der Waals surface area contributed by atoms with Crippen LogP contribution in [0.5, 0.6) is 0 Å². The minimum absolute atomic E-state index is 0.380. The SMILES string of the molecule is CN(C)C(O)[C@H]1O[C@H](CO)[C@@H](O)[C@@H]1O. The molecule has 0 spiro atoms. The Morgan fingerprint density at radius 2 is 1.86 bits per heavy atom. The van der Waals surface area contributed by atoms with E-state index in [9.17, 15) is 15.3 Å². The predicted molar refractivity (Wildman–Crippen MR) is 47.5 cm³/mol. The largest absolute Gasteiger partial charge is 0.394 e. The molecule has 0 bridgehead atoms. The van der Waals surface area contributed by atoms with Gasteiger partial charge in [0, 0.05) is 0 Å². The highest BCUT2D eigenvalue weighted by atomic mass is 16.6. The van der Waals surface area contributed by atoms with E-state index in [1.54, 1.807) is 14.1 Å². The van der Waals surface area contributed by atoms with Gasteiger partial charge in [-0.3, -0.25) is 4.90 Å². The lowest BCUT2D eigenvalue weighted by atomic mass is 10.1. The molecule has 1 unspecified atom stereocenters. The molecule has 0 saturated carbocycles. The van der Waals surface area contributed by atoms with Crippen molar-refractivity contribution in [1.29, 1.82) is 0 Å². The molecule has 0 aromatic heterocycles. The molecule has 0 aromatic rings. The summed E-state index contributed by atoms with van der Waals surface area (Å²) in [5.41, 5.74) is 0. The van der Waals surface area contributed by atoms with Gasteiger partial charge in [-0.1, -0.05) is 0 Å². The first-order valence-corrected chi connectivity index (χ1v) is 4.46. The van der Waals surface area contributed by atoms with Gasteiger partial charge in [0.1, 0.15) is 30.6 Å². The highest BCUT2D eigenvalue weighted by Gasteiger charge is 2.46. The fraction of sp³-hybridized carbons (Fsp3) is 1.00. The second-order valence-corrected chi connectivity index (χ2v) is 3.68. The van der Waals surface area contributed by atoms with Gasteiger partial charge < -0.3 is 25.2 Å². The number of aliphatic hydroxyl groups excluding tert-OH is 4. The van der Waals surface area contributed by atoms with Crippen LogP contribution in [0.4, 0.5) is 0 Å². The number of nitrogens with zero attached hydrogens (tertiary/aromatic N) is 1. The van der Waals surface area contributed by atoms with Gasteiger partial charge >= 0.3 is 0 Å². The van der Waals surface area contributed by atoms with Gasteiger partial charge in [0.2, 0.25) is 0 Å². The molecule has 84 valence electrons. The molecule has 0 aromatic carbocycles. The highest BCUT2D eigenvalue weighted by molar-refractivity contribution is 4.92. The Kier molecular flexibility index (Phi) is 3.82. The zero-order valence-corrected chi connectivity index (χ0v) is 8.24. The van der Waals surface area contributed by atoms with Crippen molar-refractivity contribution < 1.29 is 25.2 Å². The maximum absolute atomic E-state index is 9.58. The number of likely N-dealkylation sites (N-methyl/N-ethyl adjacent to an activating group) is 1. The lowest BCUT2D eigenvalue weighted by Gasteiger charge is -2.26. The average molecular weight is 207 g/mol. The van der Waals surface area contributed by atoms with E-state index in [0.29, 0.717) is 0 Å². The van der Waals surface area contributed by atoms with Crippen LogP contribution in [0.3, 0.4) is 0 Å². The predicted octanol–water partition coefficient (Wildman–Crippen LogP) is -2.65. The van der Waals surface area contributed by atoms with Gasteiger partial charge in [-0.05, 0) is 14.1 Å². The Balaban J connectivity index is 2.64. The fourth-order valence-electron chi connectivity index (χ4n) is 1.47. The minimum Gasteiger partial charge on any atom is -0.394 e. The van der Waals surface area contributed by atoms with E-state index in [4.69, 9.17) is 9.84 Å². The number of ether oxygens (including phenoxy) is 1. The summed E-state index contributed by atoms with van der Waals surface area (Å²) >= 11 is 0. The molecule has 1 aliphatic rings. The lowest BCUT2D eigenvalue weighted by Crippen LogP contribution is -2.45. The van der Waals surface area contributed by atoms with E-state index in [1.165, 1.54) is 4.90 Å². The van der Waals surface area contributed by atoms with Crippen LogP contribution >= 0.6 is 0 Å². The minimum atomic E-state index is -1.18. The van der Waals surface area contributed by atoms with E-state index in [2.05, 4.69) is 0 Å². The topological polar surface area (TPSA) is 93.4 Å². The fourth-order valence-corrected chi connectivity index (χ4v) is 1.47. The van der Waals surface area contributed by atoms with E-state index in [0.717, 1.165) is 0 Å². The average Bonchev–Trinajstić information content (AvgIpc) is 2.43. The first kappa shape index (κ1) is 11.8. The van der Waals surface area contributed by atoms with Crippen LogP contribution in [0.2, 0.25) is 0 Å². The molecule has 14 heavy (non-hydrogen) atoms.